The average Bonchev–Trinajstić information content (AvgIpc) is 3.41. The molecule has 2 atom stereocenters. The Kier molecular flexibility index (Phi) is 4.60. The minimum Gasteiger partial charge on any atom is -0.393 e. The van der Waals surface area contributed by atoms with Gasteiger partial charge in [0.25, 0.3) is 10.1 Å². The van der Waals surface area contributed by atoms with Gasteiger partial charge in [0.05, 0.1) is 6.61 Å². The van der Waals surface area contributed by atoms with Crippen LogP contribution in [0.15, 0.2) is 53.4 Å². The predicted molar refractivity (Wildman–Crippen MR) is 99.8 cm³/mol. The van der Waals surface area contributed by atoms with Gasteiger partial charge in [-0.3, -0.25) is 9.45 Å². The molecule has 2 aromatic carbocycles. The summed E-state index contributed by atoms with van der Waals surface area (Å²) in [6.07, 6.45) is 1.72. The van der Waals surface area contributed by atoms with Gasteiger partial charge in [0.15, 0.2) is 0 Å². The Morgan fingerprint density at radius 1 is 1.19 bits per heavy atom. The summed E-state index contributed by atoms with van der Waals surface area (Å²) >= 11 is 0. The molecule has 144 valence electrons. The second-order valence-corrected chi connectivity index (χ2v) is 8.80. The number of aliphatic hydroxyl groups is 1. The molecule has 27 heavy (non-hydrogen) atoms. The van der Waals surface area contributed by atoms with Crippen LogP contribution in [0.4, 0.5) is 0 Å². The fraction of sp³-hybridized carbons (Fsp3) is 0.400. The number of rotatable bonds is 5. The molecule has 1 saturated heterocycles. The second-order valence-electron chi connectivity index (χ2n) is 7.41. The highest BCUT2D eigenvalue weighted by Gasteiger charge is 2.52. The molecule has 0 radical (unpaired) electrons. The van der Waals surface area contributed by atoms with Crippen molar-refractivity contribution in [3.63, 3.8) is 0 Å². The fourth-order valence-electron chi connectivity index (χ4n) is 3.85. The van der Waals surface area contributed by atoms with Crippen LogP contribution in [0.25, 0.3) is 0 Å². The van der Waals surface area contributed by atoms with Crippen LogP contribution in [0.1, 0.15) is 35.8 Å². The predicted octanol–water partition coefficient (Wildman–Crippen LogP) is 2.62. The Bertz CT molecular complexity index is 942. The summed E-state index contributed by atoms with van der Waals surface area (Å²) in [6.45, 7) is 1.82. The summed E-state index contributed by atoms with van der Waals surface area (Å²) in [5.74, 6) is 0. The normalized spacial score (nSPS) is 26.4. The van der Waals surface area contributed by atoms with Crippen molar-refractivity contribution in [2.24, 2.45) is 0 Å². The Morgan fingerprint density at radius 2 is 1.89 bits per heavy atom. The zero-order valence-electron chi connectivity index (χ0n) is 15.1. The molecule has 0 spiro atoms. The Labute approximate surface area is 159 Å². The van der Waals surface area contributed by atoms with E-state index in [1.54, 1.807) is 12.1 Å². The molecule has 1 aliphatic carbocycles. The van der Waals surface area contributed by atoms with E-state index in [0.717, 1.165) is 24.0 Å². The summed E-state index contributed by atoms with van der Waals surface area (Å²) in [6, 6.07) is 14.7. The van der Waals surface area contributed by atoms with Gasteiger partial charge in [0.1, 0.15) is 16.7 Å². The van der Waals surface area contributed by atoms with Gasteiger partial charge in [-0.2, -0.15) is 8.42 Å². The maximum absolute atomic E-state index is 12.0. The van der Waals surface area contributed by atoms with E-state index in [9.17, 15) is 18.1 Å². The monoisotopic (exact) mass is 389 g/mol. The minimum absolute atomic E-state index is 0.216. The molecule has 1 heterocycles. The van der Waals surface area contributed by atoms with E-state index >= 15 is 0 Å². The van der Waals surface area contributed by atoms with E-state index in [4.69, 9.17) is 4.74 Å². The van der Waals surface area contributed by atoms with E-state index in [-0.39, 0.29) is 17.7 Å². The summed E-state index contributed by atoms with van der Waals surface area (Å²) in [4.78, 5) is 1.97. The van der Waals surface area contributed by atoms with Crippen molar-refractivity contribution in [1.29, 1.82) is 0 Å². The largest absolute Gasteiger partial charge is 0.393 e. The van der Waals surface area contributed by atoms with Gasteiger partial charge in [0.2, 0.25) is 0 Å². The first-order chi connectivity index (χ1) is 12.8. The number of hydrogen-bond donors (Lipinski definition) is 2. The van der Waals surface area contributed by atoms with Crippen molar-refractivity contribution in [2.45, 2.75) is 42.5 Å². The van der Waals surface area contributed by atoms with E-state index in [1.165, 1.54) is 6.07 Å². The molecule has 1 saturated carbocycles. The van der Waals surface area contributed by atoms with Gasteiger partial charge in [-0.05, 0) is 31.4 Å². The van der Waals surface area contributed by atoms with Crippen LogP contribution in [0, 0.1) is 6.92 Å². The van der Waals surface area contributed by atoms with Crippen LogP contribution < -0.4 is 0 Å². The van der Waals surface area contributed by atoms with Crippen molar-refractivity contribution >= 4 is 10.1 Å². The van der Waals surface area contributed by atoms with E-state index in [0.29, 0.717) is 18.2 Å². The van der Waals surface area contributed by atoms with E-state index in [1.807, 2.05) is 37.3 Å². The molecule has 2 aromatic rings. The van der Waals surface area contributed by atoms with Gasteiger partial charge in [-0.1, -0.05) is 48.0 Å². The van der Waals surface area contributed by atoms with Crippen LogP contribution in [-0.4, -0.2) is 42.2 Å². The summed E-state index contributed by atoms with van der Waals surface area (Å²) in [5.41, 5.74) is 0.868. The lowest BCUT2D eigenvalue weighted by Gasteiger charge is -2.28. The Morgan fingerprint density at radius 3 is 2.48 bits per heavy atom. The topological polar surface area (TPSA) is 87.1 Å². The summed E-state index contributed by atoms with van der Waals surface area (Å²) in [7, 11) is -4.45. The van der Waals surface area contributed by atoms with Crippen LogP contribution in [0.3, 0.4) is 0 Å². The third-order valence-corrected chi connectivity index (χ3v) is 6.25. The molecule has 2 aliphatic rings. The quantitative estimate of drug-likeness (QED) is 0.765. The highest BCUT2D eigenvalue weighted by atomic mass is 32.2. The highest BCUT2D eigenvalue weighted by Crippen LogP contribution is 2.48. The molecule has 2 N–H and O–H groups in total. The molecular formula is C20H23NO5S. The molecule has 2 fully saturated rings. The van der Waals surface area contributed by atoms with Crippen LogP contribution >= 0.6 is 0 Å². The lowest BCUT2D eigenvalue weighted by atomic mass is 9.93. The molecule has 1 unspecified atom stereocenters. The van der Waals surface area contributed by atoms with Crippen molar-refractivity contribution in [3.8, 4) is 0 Å². The summed E-state index contributed by atoms with van der Waals surface area (Å²) < 4.78 is 40.0. The molecule has 6 nitrogen and oxygen atoms in total. The third kappa shape index (κ3) is 3.41. The highest BCUT2D eigenvalue weighted by molar-refractivity contribution is 7.85. The van der Waals surface area contributed by atoms with E-state index < -0.39 is 15.7 Å². The molecular weight excluding hydrogens is 366 g/mol. The number of aryl methyl sites for hydroxylation is 1. The van der Waals surface area contributed by atoms with Crippen LogP contribution in [0.5, 0.6) is 0 Å². The molecule has 1 aliphatic heterocycles. The number of aliphatic hydroxyl groups excluding tert-OH is 1. The van der Waals surface area contributed by atoms with Crippen molar-refractivity contribution in [1.82, 2.24) is 4.90 Å². The van der Waals surface area contributed by atoms with Gasteiger partial charge in [-0.15, -0.1) is 0 Å². The van der Waals surface area contributed by atoms with E-state index in [2.05, 4.69) is 4.90 Å². The van der Waals surface area contributed by atoms with Crippen molar-refractivity contribution in [3.05, 3.63) is 65.2 Å². The zero-order valence-corrected chi connectivity index (χ0v) is 15.9. The standard InChI is InChI=1S/C20H23NO5S/c1-14-7-10-18(27(23,24)25)17(11-14)20(13-22)12-21(16-8-9-16)19(26-20)15-5-3-2-4-6-15/h2-7,10-11,16,19,22H,8-9,12-13H2,1H3,(H,23,24,25)/t19-,20?/m0/s1. The van der Waals surface area contributed by atoms with Gasteiger partial charge < -0.3 is 9.84 Å². The van der Waals surface area contributed by atoms with Crippen LogP contribution in [0.2, 0.25) is 0 Å². The number of ether oxygens (including phenoxy) is 1. The lowest BCUT2D eigenvalue weighted by Crippen LogP contribution is -2.37. The first-order valence-electron chi connectivity index (χ1n) is 9.02. The molecule has 0 bridgehead atoms. The van der Waals surface area contributed by atoms with Crippen molar-refractivity contribution < 1.29 is 22.8 Å². The molecule has 0 amide bonds. The van der Waals surface area contributed by atoms with Gasteiger partial charge in [0, 0.05) is 18.2 Å². The number of benzene rings is 2. The van der Waals surface area contributed by atoms with Crippen molar-refractivity contribution in [2.75, 3.05) is 13.2 Å². The number of hydrogen-bond acceptors (Lipinski definition) is 5. The maximum Gasteiger partial charge on any atom is 0.294 e. The lowest BCUT2D eigenvalue weighted by molar-refractivity contribution is -0.0904. The maximum atomic E-state index is 12.0. The average molecular weight is 389 g/mol. The fourth-order valence-corrected chi connectivity index (χ4v) is 4.61. The van der Waals surface area contributed by atoms with Gasteiger partial charge in [-0.25, -0.2) is 0 Å². The Balaban J connectivity index is 1.83. The first-order valence-corrected chi connectivity index (χ1v) is 10.5. The summed E-state index contributed by atoms with van der Waals surface area (Å²) in [5, 5.41) is 10.3. The zero-order chi connectivity index (χ0) is 19.2. The molecule has 0 aromatic heterocycles. The molecule has 7 heteroatoms. The minimum atomic E-state index is -4.45. The molecule has 4 rings (SSSR count). The first kappa shape index (κ1) is 18.6. The van der Waals surface area contributed by atoms with Gasteiger partial charge >= 0.3 is 0 Å². The SMILES string of the molecule is Cc1ccc(S(=O)(=O)O)c(C2(CO)CN(C3CC3)[C@H](c3ccccc3)O2)c1. The second kappa shape index (κ2) is 6.68. The third-order valence-electron chi connectivity index (χ3n) is 5.34. The number of nitrogens with zero attached hydrogens (tertiary/aromatic N) is 1. The van der Waals surface area contributed by atoms with Crippen LogP contribution in [-0.2, 0) is 20.5 Å². The Hall–Kier alpha value is -1.77. The smallest absolute Gasteiger partial charge is 0.294 e.